The van der Waals surface area contributed by atoms with Crippen LogP contribution in [0, 0.1) is 0 Å². The number of rotatable bonds is 5. The lowest BCUT2D eigenvalue weighted by atomic mass is 10.1. The van der Waals surface area contributed by atoms with E-state index in [-0.39, 0.29) is 6.79 Å². The maximum Gasteiger partial charge on any atom is 0.335 e. The Bertz CT molecular complexity index is 130. The van der Waals surface area contributed by atoms with Crippen LogP contribution in [0.2, 0.25) is 0 Å². The van der Waals surface area contributed by atoms with E-state index in [0.29, 0.717) is 6.61 Å². The Kier molecular flexibility index (Phi) is 4.07. The Morgan fingerprint density at radius 3 is 2.45 bits per heavy atom. The van der Waals surface area contributed by atoms with Crippen molar-refractivity contribution in [2.75, 3.05) is 13.4 Å². The Labute approximate surface area is 66.1 Å². The van der Waals surface area contributed by atoms with Gasteiger partial charge in [0.25, 0.3) is 0 Å². The highest BCUT2D eigenvalue weighted by Gasteiger charge is 2.27. The second-order valence-electron chi connectivity index (χ2n) is 2.57. The van der Waals surface area contributed by atoms with E-state index >= 15 is 0 Å². The average molecular weight is 162 g/mol. The predicted octanol–water partition coefficient (Wildman–Crippen LogP) is 0.860. The molecular weight excluding hydrogens is 148 g/mol. The van der Waals surface area contributed by atoms with E-state index in [1.165, 1.54) is 13.8 Å². The minimum atomic E-state index is -1.16. The molecule has 0 unspecified atom stereocenters. The number of carboxylic acids is 1. The molecule has 0 fully saturated rings. The largest absolute Gasteiger partial charge is 0.479 e. The van der Waals surface area contributed by atoms with Crippen LogP contribution in [-0.2, 0) is 14.3 Å². The van der Waals surface area contributed by atoms with E-state index in [0.717, 1.165) is 0 Å². The first kappa shape index (κ1) is 10.4. The molecule has 0 aromatic heterocycles. The highest BCUT2D eigenvalue weighted by atomic mass is 16.7. The van der Waals surface area contributed by atoms with Gasteiger partial charge in [0.15, 0.2) is 5.60 Å². The summed E-state index contributed by atoms with van der Waals surface area (Å²) in [6.07, 6.45) is 0. The third-order valence-electron chi connectivity index (χ3n) is 1.22. The lowest BCUT2D eigenvalue weighted by Crippen LogP contribution is -2.35. The molecule has 0 aliphatic heterocycles. The molecule has 0 aliphatic rings. The molecule has 4 nitrogen and oxygen atoms in total. The molecule has 0 aromatic carbocycles. The quantitative estimate of drug-likeness (QED) is 0.481. The molecule has 11 heavy (non-hydrogen) atoms. The van der Waals surface area contributed by atoms with Gasteiger partial charge in [-0.05, 0) is 20.8 Å². The van der Waals surface area contributed by atoms with Crippen molar-refractivity contribution in [2.45, 2.75) is 26.4 Å². The van der Waals surface area contributed by atoms with Crippen molar-refractivity contribution in [2.24, 2.45) is 0 Å². The van der Waals surface area contributed by atoms with Crippen molar-refractivity contribution >= 4 is 5.97 Å². The molecule has 0 amide bonds. The van der Waals surface area contributed by atoms with Gasteiger partial charge in [0.1, 0.15) is 6.79 Å². The van der Waals surface area contributed by atoms with Crippen LogP contribution in [0.25, 0.3) is 0 Å². The summed E-state index contributed by atoms with van der Waals surface area (Å²) in [5.41, 5.74) is -1.16. The van der Waals surface area contributed by atoms with Gasteiger partial charge >= 0.3 is 5.97 Å². The summed E-state index contributed by atoms with van der Waals surface area (Å²) in [7, 11) is 0. The van der Waals surface area contributed by atoms with E-state index in [4.69, 9.17) is 14.6 Å². The van der Waals surface area contributed by atoms with Crippen LogP contribution < -0.4 is 0 Å². The normalized spacial score (nSPS) is 11.5. The van der Waals surface area contributed by atoms with Gasteiger partial charge in [0, 0.05) is 6.61 Å². The summed E-state index contributed by atoms with van der Waals surface area (Å²) < 4.78 is 9.74. The second-order valence-corrected chi connectivity index (χ2v) is 2.57. The van der Waals surface area contributed by atoms with Crippen molar-refractivity contribution in [3.63, 3.8) is 0 Å². The van der Waals surface area contributed by atoms with Crippen LogP contribution >= 0.6 is 0 Å². The van der Waals surface area contributed by atoms with Gasteiger partial charge in [-0.2, -0.15) is 0 Å². The van der Waals surface area contributed by atoms with Crippen molar-refractivity contribution < 1.29 is 19.4 Å². The molecular formula is C7H14O4. The van der Waals surface area contributed by atoms with E-state index in [1.807, 2.05) is 6.92 Å². The van der Waals surface area contributed by atoms with Crippen LogP contribution in [0.5, 0.6) is 0 Å². The first-order valence-corrected chi connectivity index (χ1v) is 3.45. The first-order valence-electron chi connectivity index (χ1n) is 3.45. The van der Waals surface area contributed by atoms with Crippen molar-refractivity contribution in [3.05, 3.63) is 0 Å². The zero-order chi connectivity index (χ0) is 8.91. The smallest absolute Gasteiger partial charge is 0.335 e. The Morgan fingerprint density at radius 2 is 2.09 bits per heavy atom. The van der Waals surface area contributed by atoms with Crippen LogP contribution in [0.3, 0.4) is 0 Å². The van der Waals surface area contributed by atoms with Crippen LogP contribution in [0.4, 0.5) is 0 Å². The van der Waals surface area contributed by atoms with E-state index < -0.39 is 11.6 Å². The lowest BCUT2D eigenvalue weighted by Gasteiger charge is -2.19. The molecule has 0 rings (SSSR count). The third kappa shape index (κ3) is 3.95. The highest BCUT2D eigenvalue weighted by Crippen LogP contribution is 2.08. The molecule has 1 N–H and O–H groups in total. The molecule has 0 aromatic rings. The number of aliphatic carboxylic acids is 1. The van der Waals surface area contributed by atoms with Gasteiger partial charge < -0.3 is 14.6 Å². The number of carbonyl (C=O) groups is 1. The van der Waals surface area contributed by atoms with Gasteiger partial charge in [-0.3, -0.25) is 0 Å². The second kappa shape index (κ2) is 4.31. The molecule has 4 heteroatoms. The predicted molar refractivity (Wildman–Crippen MR) is 39.3 cm³/mol. The zero-order valence-electron chi connectivity index (χ0n) is 7.09. The Balaban J connectivity index is 3.64. The average Bonchev–Trinajstić information content (AvgIpc) is 1.88. The molecule has 0 saturated heterocycles. The highest BCUT2D eigenvalue weighted by molar-refractivity contribution is 5.76. The summed E-state index contributed by atoms with van der Waals surface area (Å²) in [6, 6.07) is 0. The van der Waals surface area contributed by atoms with Crippen molar-refractivity contribution in [3.8, 4) is 0 Å². The summed E-state index contributed by atoms with van der Waals surface area (Å²) in [6.45, 7) is 5.32. The number of ether oxygens (including phenoxy) is 2. The summed E-state index contributed by atoms with van der Waals surface area (Å²) in [4.78, 5) is 10.4. The minimum Gasteiger partial charge on any atom is -0.479 e. The fraction of sp³-hybridized carbons (Fsp3) is 0.857. The van der Waals surface area contributed by atoms with Gasteiger partial charge in [0.2, 0.25) is 0 Å². The van der Waals surface area contributed by atoms with Crippen molar-refractivity contribution in [1.82, 2.24) is 0 Å². The van der Waals surface area contributed by atoms with Gasteiger partial charge in [0.05, 0.1) is 0 Å². The minimum absolute atomic E-state index is 0.0236. The molecule has 0 radical (unpaired) electrons. The molecule has 0 aliphatic carbocycles. The molecule has 0 bridgehead atoms. The summed E-state index contributed by atoms with van der Waals surface area (Å²) in [5, 5.41) is 8.56. The maximum absolute atomic E-state index is 10.4. The van der Waals surface area contributed by atoms with Crippen molar-refractivity contribution in [1.29, 1.82) is 0 Å². The summed E-state index contributed by atoms with van der Waals surface area (Å²) >= 11 is 0. The third-order valence-corrected chi connectivity index (χ3v) is 1.22. The zero-order valence-corrected chi connectivity index (χ0v) is 7.09. The Hall–Kier alpha value is -0.610. The number of carboxylic acid groups (broad SMARTS) is 1. The molecule has 0 spiro atoms. The van der Waals surface area contributed by atoms with Crippen LogP contribution in [-0.4, -0.2) is 30.1 Å². The molecule has 0 atom stereocenters. The monoisotopic (exact) mass is 162 g/mol. The topological polar surface area (TPSA) is 55.8 Å². The van der Waals surface area contributed by atoms with Gasteiger partial charge in [-0.15, -0.1) is 0 Å². The van der Waals surface area contributed by atoms with Gasteiger partial charge in [-0.1, -0.05) is 0 Å². The first-order chi connectivity index (χ1) is 5.00. The standard InChI is InChI=1S/C7H14O4/c1-4-10-5-11-7(2,3)6(8)9/h4-5H2,1-3H3,(H,8,9). The lowest BCUT2D eigenvalue weighted by molar-refractivity contribution is -0.177. The Morgan fingerprint density at radius 1 is 1.55 bits per heavy atom. The van der Waals surface area contributed by atoms with Crippen LogP contribution in [0.15, 0.2) is 0 Å². The molecule has 0 saturated carbocycles. The maximum atomic E-state index is 10.4. The van der Waals surface area contributed by atoms with E-state index in [2.05, 4.69) is 0 Å². The van der Waals surface area contributed by atoms with E-state index in [1.54, 1.807) is 0 Å². The van der Waals surface area contributed by atoms with E-state index in [9.17, 15) is 4.79 Å². The number of hydrogen-bond donors (Lipinski definition) is 1. The SMILES string of the molecule is CCOCOC(C)(C)C(=O)O. The van der Waals surface area contributed by atoms with Crippen LogP contribution in [0.1, 0.15) is 20.8 Å². The fourth-order valence-electron chi connectivity index (χ4n) is 0.334. The molecule has 0 heterocycles. The molecule has 66 valence electrons. The fourth-order valence-corrected chi connectivity index (χ4v) is 0.334. The van der Waals surface area contributed by atoms with Gasteiger partial charge in [-0.25, -0.2) is 4.79 Å². The summed E-state index contributed by atoms with van der Waals surface area (Å²) in [5.74, 6) is -0.989. The number of hydrogen-bond acceptors (Lipinski definition) is 3.